The van der Waals surface area contributed by atoms with Crippen molar-refractivity contribution in [2.24, 2.45) is 0 Å². The van der Waals surface area contributed by atoms with Crippen LogP contribution in [0.5, 0.6) is 0 Å². The Balaban J connectivity index is 1.83. The second-order valence-electron chi connectivity index (χ2n) is 8.23. The summed E-state index contributed by atoms with van der Waals surface area (Å²) < 4.78 is 0. The molecule has 1 aliphatic heterocycles. The van der Waals surface area contributed by atoms with E-state index in [9.17, 15) is 0 Å². The van der Waals surface area contributed by atoms with Crippen molar-refractivity contribution >= 4 is 34.6 Å². The average Bonchev–Trinajstić information content (AvgIpc) is 2.93. The zero-order valence-electron chi connectivity index (χ0n) is 16.0. The summed E-state index contributed by atoms with van der Waals surface area (Å²) in [7, 11) is 0. The largest absolute Gasteiger partial charge is 0.334 e. The second kappa shape index (κ2) is 6.54. The Kier molecular flexibility index (Phi) is 4.23. The van der Waals surface area contributed by atoms with E-state index in [1.807, 2.05) is 18.2 Å². The maximum absolute atomic E-state index is 6.42. The van der Waals surface area contributed by atoms with E-state index in [0.717, 1.165) is 18.5 Å². The van der Waals surface area contributed by atoms with E-state index in [1.54, 1.807) is 0 Å². The third kappa shape index (κ3) is 2.39. The van der Waals surface area contributed by atoms with Gasteiger partial charge >= 0.3 is 0 Å². The molecule has 3 aromatic carbocycles. The fourth-order valence-electron chi connectivity index (χ4n) is 5.79. The molecule has 0 bridgehead atoms. The minimum absolute atomic E-state index is 0.0438. The zero-order valence-corrected chi connectivity index (χ0v) is 17.5. The minimum Gasteiger partial charge on any atom is -0.334 e. The molecular weight excluding hydrogens is 385 g/mol. The van der Waals surface area contributed by atoms with E-state index < -0.39 is 0 Å². The first-order valence-corrected chi connectivity index (χ1v) is 10.7. The van der Waals surface area contributed by atoms with Gasteiger partial charge in [-0.05, 0) is 55.2 Å². The monoisotopic (exact) mass is 407 g/mol. The number of para-hydroxylation sites is 1. The number of benzene rings is 3. The van der Waals surface area contributed by atoms with Gasteiger partial charge in [0.1, 0.15) is 0 Å². The summed E-state index contributed by atoms with van der Waals surface area (Å²) in [4.78, 5) is 2.51. The van der Waals surface area contributed by atoms with E-state index in [0.29, 0.717) is 10.0 Å². The maximum Gasteiger partial charge on any atom is 0.0561 e. The number of hydrogen-bond acceptors (Lipinski definition) is 1. The lowest BCUT2D eigenvalue weighted by molar-refractivity contribution is 0.215. The molecule has 0 N–H and O–H groups in total. The number of hydrogen-bond donors (Lipinski definition) is 0. The molecule has 2 aliphatic rings. The van der Waals surface area contributed by atoms with Gasteiger partial charge in [0.2, 0.25) is 0 Å². The van der Waals surface area contributed by atoms with E-state index in [2.05, 4.69) is 66.4 Å². The van der Waals surface area contributed by atoms with Crippen LogP contribution >= 0.6 is 23.2 Å². The number of nitrogens with zero attached hydrogens (tertiary/aromatic N) is 1. The summed E-state index contributed by atoms with van der Waals surface area (Å²) in [5.41, 5.74) is 5.04. The molecule has 1 fully saturated rings. The summed E-state index contributed by atoms with van der Waals surface area (Å²) in [6, 6.07) is 25.8. The molecule has 1 saturated carbocycles. The Bertz CT molecular complexity index is 1010. The molecule has 0 spiro atoms. The van der Waals surface area contributed by atoms with Crippen molar-refractivity contribution < 1.29 is 0 Å². The smallest absolute Gasteiger partial charge is 0.0561 e. The van der Waals surface area contributed by atoms with E-state index in [-0.39, 0.29) is 11.0 Å². The van der Waals surface area contributed by atoms with Crippen LogP contribution in [0.3, 0.4) is 0 Å². The van der Waals surface area contributed by atoms with Gasteiger partial charge in [0, 0.05) is 26.8 Å². The lowest BCUT2D eigenvalue weighted by Crippen LogP contribution is -2.56. The van der Waals surface area contributed by atoms with Crippen molar-refractivity contribution in [2.45, 2.75) is 43.6 Å². The van der Waals surface area contributed by atoms with Crippen LogP contribution in [0, 0.1) is 0 Å². The molecule has 1 aliphatic carbocycles. The van der Waals surface area contributed by atoms with Crippen LogP contribution in [0.15, 0.2) is 72.8 Å². The maximum atomic E-state index is 6.42. The topological polar surface area (TPSA) is 3.24 Å². The summed E-state index contributed by atoms with van der Waals surface area (Å²) in [5.74, 6) is 0. The standard InChI is InChI=1S/C25H23Cl2N/c1-24-13-7-8-14-25(24,18-9-3-2-4-10-18)22-11-5-6-12-23(22)28(24)21-16-19(26)15-20(27)17-21/h2-6,9-12,15-17H,7-8,13-14H2,1H3. The van der Waals surface area contributed by atoms with Crippen molar-refractivity contribution in [1.82, 2.24) is 0 Å². The molecule has 0 saturated heterocycles. The normalized spacial score (nSPS) is 26.0. The van der Waals surface area contributed by atoms with Crippen LogP contribution in [0.4, 0.5) is 11.4 Å². The third-order valence-electron chi connectivity index (χ3n) is 6.86. The Morgan fingerprint density at radius 2 is 1.43 bits per heavy atom. The minimum atomic E-state index is -0.0791. The van der Waals surface area contributed by atoms with Gasteiger partial charge < -0.3 is 4.90 Å². The molecule has 142 valence electrons. The SMILES string of the molecule is CC12CCCCC1(c1ccccc1)c1ccccc1N2c1cc(Cl)cc(Cl)c1. The summed E-state index contributed by atoms with van der Waals surface area (Å²) in [6.07, 6.45) is 4.74. The predicted octanol–water partition coefficient (Wildman–Crippen LogP) is 7.76. The molecule has 5 rings (SSSR count). The van der Waals surface area contributed by atoms with Gasteiger partial charge in [0.05, 0.1) is 5.54 Å². The van der Waals surface area contributed by atoms with Crippen LogP contribution in [0.2, 0.25) is 10.0 Å². The summed E-state index contributed by atoms with van der Waals surface area (Å²) >= 11 is 12.8. The molecule has 3 aromatic rings. The van der Waals surface area contributed by atoms with Gasteiger partial charge in [-0.3, -0.25) is 0 Å². The molecule has 0 amide bonds. The highest BCUT2D eigenvalue weighted by Crippen LogP contribution is 2.63. The van der Waals surface area contributed by atoms with Gasteiger partial charge in [-0.25, -0.2) is 0 Å². The highest BCUT2D eigenvalue weighted by Gasteiger charge is 2.60. The van der Waals surface area contributed by atoms with Gasteiger partial charge in [-0.1, -0.05) is 84.6 Å². The van der Waals surface area contributed by atoms with Crippen LogP contribution in [-0.4, -0.2) is 5.54 Å². The lowest BCUT2D eigenvalue weighted by Gasteiger charge is -2.52. The van der Waals surface area contributed by atoms with Crippen molar-refractivity contribution in [3.05, 3.63) is 94.0 Å². The van der Waals surface area contributed by atoms with E-state index in [1.165, 1.54) is 29.7 Å². The average molecular weight is 408 g/mol. The molecule has 1 nitrogen and oxygen atoms in total. The van der Waals surface area contributed by atoms with Crippen LogP contribution in [-0.2, 0) is 5.41 Å². The lowest BCUT2D eigenvalue weighted by atomic mass is 9.57. The van der Waals surface area contributed by atoms with Crippen LogP contribution in [0.1, 0.15) is 43.7 Å². The Morgan fingerprint density at radius 1 is 0.786 bits per heavy atom. The van der Waals surface area contributed by atoms with Crippen molar-refractivity contribution in [2.75, 3.05) is 4.90 Å². The molecule has 2 atom stereocenters. The molecule has 0 radical (unpaired) electrons. The Labute approximate surface area is 176 Å². The van der Waals surface area contributed by atoms with Crippen molar-refractivity contribution in [3.8, 4) is 0 Å². The molecule has 2 unspecified atom stereocenters. The Hall–Kier alpha value is -1.96. The molecule has 0 aromatic heterocycles. The number of rotatable bonds is 2. The van der Waals surface area contributed by atoms with Crippen LogP contribution in [0.25, 0.3) is 0 Å². The summed E-state index contributed by atoms with van der Waals surface area (Å²) in [6.45, 7) is 2.42. The van der Waals surface area contributed by atoms with Crippen molar-refractivity contribution in [1.29, 1.82) is 0 Å². The van der Waals surface area contributed by atoms with Crippen molar-refractivity contribution in [3.63, 3.8) is 0 Å². The quantitative estimate of drug-likeness (QED) is 0.419. The first-order valence-electron chi connectivity index (χ1n) is 9.98. The predicted molar refractivity (Wildman–Crippen MR) is 119 cm³/mol. The van der Waals surface area contributed by atoms with Gasteiger partial charge in [-0.15, -0.1) is 0 Å². The number of anilines is 2. The number of fused-ring (bicyclic) bond motifs is 3. The molecule has 1 heterocycles. The van der Waals surface area contributed by atoms with Gasteiger partial charge in [0.25, 0.3) is 0 Å². The fourth-order valence-corrected chi connectivity index (χ4v) is 6.31. The molecular formula is C25H23Cl2N. The Morgan fingerprint density at radius 3 is 2.18 bits per heavy atom. The highest BCUT2D eigenvalue weighted by molar-refractivity contribution is 6.35. The number of halogens is 2. The second-order valence-corrected chi connectivity index (χ2v) is 9.11. The van der Waals surface area contributed by atoms with E-state index >= 15 is 0 Å². The first kappa shape index (κ1) is 18.1. The summed E-state index contributed by atoms with van der Waals surface area (Å²) in [5, 5.41) is 1.35. The third-order valence-corrected chi connectivity index (χ3v) is 7.29. The molecule has 28 heavy (non-hydrogen) atoms. The highest BCUT2D eigenvalue weighted by atomic mass is 35.5. The first-order chi connectivity index (χ1) is 13.6. The van der Waals surface area contributed by atoms with E-state index in [4.69, 9.17) is 23.2 Å². The van der Waals surface area contributed by atoms with Crippen LogP contribution < -0.4 is 4.90 Å². The van der Waals surface area contributed by atoms with Gasteiger partial charge in [0.15, 0.2) is 0 Å². The molecule has 3 heteroatoms. The van der Waals surface area contributed by atoms with Gasteiger partial charge in [-0.2, -0.15) is 0 Å². The fraction of sp³-hybridized carbons (Fsp3) is 0.280. The zero-order chi connectivity index (χ0) is 19.4.